The summed E-state index contributed by atoms with van der Waals surface area (Å²) in [4.78, 5) is 0. The molecular weight excluding hydrogens is 271 g/mol. The van der Waals surface area contributed by atoms with Gasteiger partial charge in [-0.05, 0) is 0 Å². The van der Waals surface area contributed by atoms with E-state index in [9.17, 15) is 0 Å². The molecule has 0 fully saturated rings. The Hall–Kier alpha value is 0.419. The summed E-state index contributed by atoms with van der Waals surface area (Å²) in [6.07, 6.45) is 0. The van der Waals surface area contributed by atoms with E-state index in [0.29, 0.717) is 0 Å². The zero-order valence-electron chi connectivity index (χ0n) is 4.21. The van der Waals surface area contributed by atoms with Gasteiger partial charge in [-0.15, -0.1) is 0 Å². The first-order valence-electron chi connectivity index (χ1n) is 1.70. The van der Waals surface area contributed by atoms with Crippen molar-refractivity contribution in [3.8, 4) is 0 Å². The Balaban J connectivity index is 0. The van der Waals surface area contributed by atoms with Gasteiger partial charge in [0.05, 0.1) is 10.3 Å². The van der Waals surface area contributed by atoms with Crippen molar-refractivity contribution in [3.63, 3.8) is 0 Å². The van der Waals surface area contributed by atoms with Gasteiger partial charge in [0.25, 0.3) is 0 Å². The van der Waals surface area contributed by atoms with Gasteiger partial charge in [-0.25, -0.2) is 0 Å². The molecular formula is C2Cu2N4S2. The van der Waals surface area contributed by atoms with Gasteiger partial charge in [0, 0.05) is 0 Å². The zero-order valence-corrected chi connectivity index (χ0v) is 7.72. The minimum Gasteiger partial charge on any atom is -0.736 e. The van der Waals surface area contributed by atoms with Crippen LogP contribution >= 0.6 is 0 Å². The van der Waals surface area contributed by atoms with E-state index in [4.69, 9.17) is 0 Å². The van der Waals surface area contributed by atoms with Crippen LogP contribution in [0.5, 0.6) is 0 Å². The van der Waals surface area contributed by atoms with E-state index >= 15 is 0 Å². The summed E-state index contributed by atoms with van der Waals surface area (Å²) in [5.74, 6) is 0. The molecule has 4 nitrogen and oxygen atoms in total. The van der Waals surface area contributed by atoms with Crippen LogP contribution in [-0.4, -0.2) is 20.4 Å². The Bertz CT molecular complexity index is 158. The van der Waals surface area contributed by atoms with Crippen LogP contribution in [0.2, 0.25) is 0 Å². The van der Waals surface area contributed by atoms with Gasteiger partial charge in [0.1, 0.15) is 0 Å². The summed E-state index contributed by atoms with van der Waals surface area (Å²) in [7, 11) is 0. The second kappa shape index (κ2) is 6.15. The van der Waals surface area contributed by atoms with E-state index in [0.717, 1.165) is 0 Å². The molecule has 8 heteroatoms. The van der Waals surface area contributed by atoms with Gasteiger partial charge < -0.3 is 25.3 Å². The largest absolute Gasteiger partial charge is 1.00 e. The van der Waals surface area contributed by atoms with E-state index in [1.165, 1.54) is 0 Å². The van der Waals surface area contributed by atoms with Crippen molar-refractivity contribution < 1.29 is 34.1 Å². The second-order valence-electron chi connectivity index (χ2n) is 0.965. The minimum absolute atomic E-state index is 0. The van der Waals surface area contributed by atoms with Crippen molar-refractivity contribution in [1.82, 2.24) is 20.4 Å². The fourth-order valence-electron chi connectivity index (χ4n) is 0.211. The van der Waals surface area contributed by atoms with Gasteiger partial charge in [-0.3, -0.25) is 0 Å². The Morgan fingerprint density at radius 2 is 0.900 bits per heavy atom. The Labute approximate surface area is 89.7 Å². The van der Waals surface area contributed by atoms with Gasteiger partial charge >= 0.3 is 34.1 Å². The van der Waals surface area contributed by atoms with Crippen molar-refractivity contribution in [1.29, 1.82) is 0 Å². The third-order valence-electron chi connectivity index (χ3n) is 0.442. The van der Waals surface area contributed by atoms with Crippen LogP contribution in [0.1, 0.15) is 0 Å². The maximum atomic E-state index is 4.48. The first-order valence-corrected chi connectivity index (χ1v) is 2.52. The van der Waals surface area contributed by atoms with Crippen LogP contribution in [0.15, 0.2) is 10.3 Å². The summed E-state index contributed by atoms with van der Waals surface area (Å²) in [5, 5.41) is 13.7. The van der Waals surface area contributed by atoms with Crippen LogP contribution < -0.4 is 0 Å². The van der Waals surface area contributed by atoms with Crippen molar-refractivity contribution in [2.45, 2.75) is 10.3 Å². The molecule has 1 aromatic heterocycles. The monoisotopic (exact) mass is 270 g/mol. The molecule has 0 aromatic carbocycles. The molecule has 0 amide bonds. The zero-order chi connectivity index (χ0) is 5.98. The molecule has 0 unspecified atom stereocenters. The van der Waals surface area contributed by atoms with Crippen molar-refractivity contribution in [3.05, 3.63) is 0 Å². The van der Waals surface area contributed by atoms with Gasteiger partial charge in [-0.2, -0.15) is 20.4 Å². The molecule has 62 valence electrons. The fourth-order valence-corrected chi connectivity index (χ4v) is 0.374. The SMILES string of the molecule is [Cu+].[Cu+].[S-]c1nnc([S-])nn1. The summed E-state index contributed by atoms with van der Waals surface area (Å²) in [6.45, 7) is 0. The van der Waals surface area contributed by atoms with E-state index in [2.05, 4.69) is 45.7 Å². The number of nitrogens with zero attached hydrogens (tertiary/aromatic N) is 4. The average molecular weight is 271 g/mol. The molecule has 0 N–H and O–H groups in total. The third-order valence-corrected chi connectivity index (χ3v) is 0.769. The second-order valence-corrected chi connectivity index (χ2v) is 1.70. The molecule has 1 rings (SSSR count). The Morgan fingerprint density at radius 3 is 1.10 bits per heavy atom. The van der Waals surface area contributed by atoms with Crippen LogP contribution in [-0.2, 0) is 59.4 Å². The van der Waals surface area contributed by atoms with E-state index in [-0.39, 0.29) is 44.5 Å². The van der Waals surface area contributed by atoms with Gasteiger partial charge in [-0.1, -0.05) is 0 Å². The van der Waals surface area contributed by atoms with Crippen LogP contribution in [0, 0.1) is 0 Å². The maximum Gasteiger partial charge on any atom is 1.00 e. The molecule has 0 radical (unpaired) electrons. The number of aromatic nitrogens is 4. The van der Waals surface area contributed by atoms with Gasteiger partial charge in [0.15, 0.2) is 0 Å². The van der Waals surface area contributed by atoms with Gasteiger partial charge in [0.2, 0.25) is 0 Å². The molecule has 1 heterocycles. The van der Waals surface area contributed by atoms with E-state index in [1.807, 2.05) is 0 Å². The predicted octanol–water partition coefficient (Wildman–Crippen LogP) is -0.927. The third kappa shape index (κ3) is 4.27. The Kier molecular flexibility index (Phi) is 8.02. The fraction of sp³-hybridized carbons (Fsp3) is 0. The molecule has 0 aliphatic carbocycles. The average Bonchev–Trinajstić information content (AvgIpc) is 1.77. The number of hydrogen-bond donors (Lipinski definition) is 0. The van der Waals surface area contributed by atoms with Crippen LogP contribution in [0.3, 0.4) is 0 Å². The molecule has 0 bridgehead atoms. The standard InChI is InChI=1S/C2H2N4S2.2Cu/c7-1-3-5-2(8)6-4-1;;/h(H,3,4,7)(H,5,6,8);;/q;2*+1/p-2. The van der Waals surface area contributed by atoms with Crippen molar-refractivity contribution in [2.24, 2.45) is 0 Å². The molecule has 0 saturated heterocycles. The van der Waals surface area contributed by atoms with Crippen LogP contribution in [0.25, 0.3) is 0 Å². The van der Waals surface area contributed by atoms with Crippen molar-refractivity contribution in [2.75, 3.05) is 0 Å². The molecule has 10 heavy (non-hydrogen) atoms. The predicted molar refractivity (Wildman–Crippen MR) is 28.9 cm³/mol. The molecule has 1 aromatic rings. The Morgan fingerprint density at radius 1 is 0.700 bits per heavy atom. The number of hydrogen-bond acceptors (Lipinski definition) is 6. The molecule has 0 atom stereocenters. The summed E-state index contributed by atoms with van der Waals surface area (Å²) in [5.41, 5.74) is 0. The number of rotatable bonds is 0. The first kappa shape index (κ1) is 13.0. The molecule has 0 aliphatic rings. The summed E-state index contributed by atoms with van der Waals surface area (Å²) in [6, 6.07) is 0. The normalized spacial score (nSPS) is 7.20. The molecule has 0 spiro atoms. The van der Waals surface area contributed by atoms with Crippen LogP contribution in [0.4, 0.5) is 0 Å². The summed E-state index contributed by atoms with van der Waals surface area (Å²) < 4.78 is 0. The smallest absolute Gasteiger partial charge is 0.736 e. The topological polar surface area (TPSA) is 51.6 Å². The molecule has 0 saturated carbocycles. The molecule has 0 aliphatic heterocycles. The first-order chi connectivity index (χ1) is 3.79. The maximum absolute atomic E-state index is 4.48. The van der Waals surface area contributed by atoms with E-state index in [1.54, 1.807) is 0 Å². The van der Waals surface area contributed by atoms with E-state index < -0.39 is 0 Å². The van der Waals surface area contributed by atoms with Crippen molar-refractivity contribution >= 4 is 25.3 Å². The quantitative estimate of drug-likeness (QED) is 0.449. The summed E-state index contributed by atoms with van der Waals surface area (Å²) >= 11 is 8.96. The minimum atomic E-state index is 0.